The monoisotopic (exact) mass is 352 g/mol. The van der Waals surface area contributed by atoms with Gasteiger partial charge in [-0.2, -0.15) is 4.31 Å². The van der Waals surface area contributed by atoms with E-state index >= 15 is 0 Å². The summed E-state index contributed by atoms with van der Waals surface area (Å²) in [5.41, 5.74) is 5.34. The fourth-order valence-corrected chi connectivity index (χ4v) is 4.55. The van der Waals surface area contributed by atoms with Crippen molar-refractivity contribution in [1.29, 1.82) is 0 Å². The number of halogens is 2. The number of carboxylic acid groups (broad SMARTS) is 1. The maximum Gasteiger partial charge on any atom is 0.338 e. The highest BCUT2D eigenvalue weighted by atomic mass is 35.5. The molecular formula is C12H14Cl2N2O4S. The van der Waals surface area contributed by atoms with Gasteiger partial charge in [0.1, 0.15) is 4.90 Å². The lowest BCUT2D eigenvalue weighted by Gasteiger charge is -2.29. The second-order valence-electron chi connectivity index (χ2n) is 4.78. The average molecular weight is 353 g/mol. The van der Waals surface area contributed by atoms with E-state index in [1.807, 2.05) is 0 Å². The summed E-state index contributed by atoms with van der Waals surface area (Å²) >= 11 is 11.7. The molecule has 21 heavy (non-hydrogen) atoms. The highest BCUT2D eigenvalue weighted by molar-refractivity contribution is 7.89. The van der Waals surface area contributed by atoms with Gasteiger partial charge < -0.3 is 10.8 Å². The van der Waals surface area contributed by atoms with Gasteiger partial charge in [-0.3, -0.25) is 0 Å². The first-order valence-corrected chi connectivity index (χ1v) is 8.41. The van der Waals surface area contributed by atoms with Crippen LogP contribution in [-0.2, 0) is 10.0 Å². The molecule has 2 rings (SSSR count). The van der Waals surface area contributed by atoms with E-state index in [2.05, 4.69) is 0 Å². The van der Waals surface area contributed by atoms with E-state index in [9.17, 15) is 13.2 Å². The maximum absolute atomic E-state index is 12.6. The summed E-state index contributed by atoms with van der Waals surface area (Å²) in [5.74, 6) is -1.37. The minimum absolute atomic E-state index is 0.0216. The summed E-state index contributed by atoms with van der Waals surface area (Å²) < 4.78 is 26.4. The molecule has 1 aromatic rings. The van der Waals surface area contributed by atoms with Crippen molar-refractivity contribution >= 4 is 39.2 Å². The molecule has 0 saturated carbocycles. The minimum Gasteiger partial charge on any atom is -0.478 e. The standard InChI is InChI=1S/C12H14Cl2N2O4S/c13-8-1-2-9(11(14)10(8)12(17)18)21(19,20)16-5-3-7(15)4-6-16/h1-2,7H,3-6,15H2,(H,17,18). The van der Waals surface area contributed by atoms with Crippen LogP contribution in [0.4, 0.5) is 0 Å². The lowest BCUT2D eigenvalue weighted by Crippen LogP contribution is -2.42. The third-order valence-corrected chi connectivity index (χ3v) is 6.15. The van der Waals surface area contributed by atoms with E-state index in [0.717, 1.165) is 0 Å². The van der Waals surface area contributed by atoms with Crippen molar-refractivity contribution in [1.82, 2.24) is 4.31 Å². The zero-order chi connectivity index (χ0) is 15.8. The van der Waals surface area contributed by atoms with Crippen molar-refractivity contribution < 1.29 is 18.3 Å². The van der Waals surface area contributed by atoms with Gasteiger partial charge in [0.2, 0.25) is 10.0 Å². The van der Waals surface area contributed by atoms with Crippen molar-refractivity contribution in [3.05, 3.63) is 27.7 Å². The maximum atomic E-state index is 12.6. The molecule has 1 aromatic carbocycles. The number of hydrogen-bond acceptors (Lipinski definition) is 4. The SMILES string of the molecule is NC1CCN(S(=O)(=O)c2ccc(Cl)c(C(=O)O)c2Cl)CC1. The number of hydrogen-bond donors (Lipinski definition) is 2. The predicted molar refractivity (Wildman–Crippen MR) is 79.4 cm³/mol. The molecule has 1 aliphatic rings. The predicted octanol–water partition coefficient (Wildman–Crippen LogP) is 1.80. The van der Waals surface area contributed by atoms with Gasteiger partial charge >= 0.3 is 5.97 Å². The highest BCUT2D eigenvalue weighted by Crippen LogP contribution is 2.33. The molecule has 0 amide bonds. The normalized spacial score (nSPS) is 17.9. The number of aromatic carboxylic acids is 1. The van der Waals surface area contributed by atoms with E-state index in [0.29, 0.717) is 12.8 Å². The van der Waals surface area contributed by atoms with E-state index in [1.165, 1.54) is 16.4 Å². The molecule has 9 heteroatoms. The molecule has 0 aromatic heterocycles. The second kappa shape index (κ2) is 6.10. The summed E-state index contributed by atoms with van der Waals surface area (Å²) in [4.78, 5) is 10.9. The molecule has 0 aliphatic carbocycles. The molecule has 1 heterocycles. The van der Waals surface area contributed by atoms with Gasteiger partial charge in [0.25, 0.3) is 0 Å². The van der Waals surface area contributed by atoms with Crippen LogP contribution in [0.5, 0.6) is 0 Å². The number of sulfonamides is 1. The average Bonchev–Trinajstić information content (AvgIpc) is 2.38. The Morgan fingerprint density at radius 2 is 1.86 bits per heavy atom. The number of rotatable bonds is 3. The third-order valence-electron chi connectivity index (χ3n) is 3.39. The Labute approximate surface area is 132 Å². The van der Waals surface area contributed by atoms with E-state index < -0.39 is 21.6 Å². The van der Waals surface area contributed by atoms with Crippen molar-refractivity contribution in [3.8, 4) is 0 Å². The Hall–Kier alpha value is -0.860. The summed E-state index contributed by atoms with van der Waals surface area (Å²) in [6.07, 6.45) is 1.10. The Balaban J connectivity index is 2.46. The number of nitrogens with two attached hydrogens (primary N) is 1. The number of benzene rings is 1. The van der Waals surface area contributed by atoms with Crippen LogP contribution in [0.25, 0.3) is 0 Å². The summed E-state index contributed by atoms with van der Waals surface area (Å²) in [6, 6.07) is 2.42. The summed E-state index contributed by atoms with van der Waals surface area (Å²) in [7, 11) is -3.87. The largest absolute Gasteiger partial charge is 0.478 e. The fourth-order valence-electron chi connectivity index (χ4n) is 2.18. The second-order valence-corrected chi connectivity index (χ2v) is 7.47. The first kappa shape index (κ1) is 16.5. The van der Waals surface area contributed by atoms with Crippen molar-refractivity contribution in [2.45, 2.75) is 23.8 Å². The molecule has 6 nitrogen and oxygen atoms in total. The van der Waals surface area contributed by atoms with Gasteiger partial charge in [-0.15, -0.1) is 0 Å². The van der Waals surface area contributed by atoms with Crippen LogP contribution in [0.3, 0.4) is 0 Å². The van der Waals surface area contributed by atoms with Crippen molar-refractivity contribution in [2.24, 2.45) is 5.73 Å². The smallest absolute Gasteiger partial charge is 0.338 e. The van der Waals surface area contributed by atoms with Crippen LogP contribution in [0.2, 0.25) is 10.0 Å². The molecule has 0 unspecified atom stereocenters. The van der Waals surface area contributed by atoms with Crippen LogP contribution in [0, 0.1) is 0 Å². The summed E-state index contributed by atoms with van der Waals surface area (Å²) in [6.45, 7) is 0.565. The van der Waals surface area contributed by atoms with Gasteiger partial charge in [-0.25, -0.2) is 13.2 Å². The third kappa shape index (κ3) is 3.17. The molecule has 0 spiro atoms. The van der Waals surface area contributed by atoms with E-state index in [-0.39, 0.29) is 34.1 Å². The van der Waals surface area contributed by atoms with Gasteiger partial charge in [0.05, 0.1) is 15.6 Å². The molecule has 3 N–H and O–H groups in total. The molecule has 116 valence electrons. The van der Waals surface area contributed by atoms with Crippen molar-refractivity contribution in [3.63, 3.8) is 0 Å². The van der Waals surface area contributed by atoms with Crippen LogP contribution >= 0.6 is 23.2 Å². The summed E-state index contributed by atoms with van der Waals surface area (Å²) in [5, 5.41) is 8.61. The Bertz CT molecular complexity index is 670. The minimum atomic E-state index is -3.87. The molecule has 0 radical (unpaired) electrons. The van der Waals surface area contributed by atoms with Crippen LogP contribution < -0.4 is 5.73 Å². The Morgan fingerprint density at radius 1 is 1.29 bits per heavy atom. The Kier molecular flexibility index (Phi) is 4.79. The zero-order valence-corrected chi connectivity index (χ0v) is 13.2. The van der Waals surface area contributed by atoms with Crippen LogP contribution in [-0.4, -0.2) is 42.9 Å². The van der Waals surface area contributed by atoms with Crippen LogP contribution in [0.15, 0.2) is 17.0 Å². The van der Waals surface area contributed by atoms with Crippen molar-refractivity contribution in [2.75, 3.05) is 13.1 Å². The lowest BCUT2D eigenvalue weighted by molar-refractivity contribution is 0.0697. The first-order valence-electron chi connectivity index (χ1n) is 6.22. The zero-order valence-electron chi connectivity index (χ0n) is 10.9. The number of piperidine rings is 1. The Morgan fingerprint density at radius 3 is 2.38 bits per heavy atom. The molecule has 0 atom stereocenters. The van der Waals surface area contributed by atoms with E-state index in [4.69, 9.17) is 34.0 Å². The quantitative estimate of drug-likeness (QED) is 0.863. The molecule has 1 saturated heterocycles. The number of nitrogens with zero attached hydrogens (tertiary/aromatic N) is 1. The van der Waals surface area contributed by atoms with E-state index in [1.54, 1.807) is 0 Å². The van der Waals surface area contributed by atoms with Gasteiger partial charge in [0, 0.05) is 19.1 Å². The van der Waals surface area contributed by atoms with Gasteiger partial charge in [-0.05, 0) is 25.0 Å². The molecular weight excluding hydrogens is 339 g/mol. The lowest BCUT2D eigenvalue weighted by atomic mass is 10.1. The highest BCUT2D eigenvalue weighted by Gasteiger charge is 2.32. The topological polar surface area (TPSA) is 101 Å². The molecule has 1 aliphatic heterocycles. The first-order chi connectivity index (χ1) is 9.75. The van der Waals surface area contributed by atoms with Crippen LogP contribution in [0.1, 0.15) is 23.2 Å². The van der Waals surface area contributed by atoms with Gasteiger partial charge in [-0.1, -0.05) is 23.2 Å². The van der Waals surface area contributed by atoms with Gasteiger partial charge in [0.15, 0.2) is 0 Å². The fraction of sp³-hybridized carbons (Fsp3) is 0.417. The number of carbonyl (C=O) groups is 1. The molecule has 1 fully saturated rings. The molecule has 0 bridgehead atoms. The number of carboxylic acids is 1.